The standard InChI is InChI=1S/C9H11N3O/c1-11-4-3-7-8(9(11)13)6(10)5-12(7)2/h3-5H,10H2,1-2H3. The molecule has 4 nitrogen and oxygen atoms in total. The van der Waals surface area contributed by atoms with Crippen molar-refractivity contribution in [1.29, 1.82) is 0 Å². The van der Waals surface area contributed by atoms with Gasteiger partial charge in [-0.05, 0) is 6.07 Å². The highest BCUT2D eigenvalue weighted by molar-refractivity contribution is 5.90. The molecule has 0 aliphatic heterocycles. The minimum absolute atomic E-state index is 0.0457. The van der Waals surface area contributed by atoms with E-state index >= 15 is 0 Å². The van der Waals surface area contributed by atoms with Gasteiger partial charge in [-0.15, -0.1) is 0 Å². The van der Waals surface area contributed by atoms with E-state index in [0.29, 0.717) is 11.1 Å². The maximum absolute atomic E-state index is 11.6. The second-order valence-electron chi connectivity index (χ2n) is 3.19. The quantitative estimate of drug-likeness (QED) is 0.635. The van der Waals surface area contributed by atoms with E-state index in [2.05, 4.69) is 0 Å². The second kappa shape index (κ2) is 2.39. The van der Waals surface area contributed by atoms with Crippen LogP contribution in [0.25, 0.3) is 10.9 Å². The molecule has 2 aromatic heterocycles. The Bertz CT molecular complexity index is 521. The van der Waals surface area contributed by atoms with Gasteiger partial charge in [0.15, 0.2) is 0 Å². The summed E-state index contributed by atoms with van der Waals surface area (Å²) in [6, 6.07) is 1.88. The summed E-state index contributed by atoms with van der Waals surface area (Å²) in [5, 5.41) is 0.604. The molecule has 2 N–H and O–H groups in total. The Hall–Kier alpha value is -1.71. The molecule has 0 unspecified atom stereocenters. The largest absolute Gasteiger partial charge is 0.397 e. The van der Waals surface area contributed by atoms with Gasteiger partial charge in [0.05, 0.1) is 16.6 Å². The first-order valence-corrected chi connectivity index (χ1v) is 4.01. The van der Waals surface area contributed by atoms with Crippen LogP contribution >= 0.6 is 0 Å². The van der Waals surface area contributed by atoms with E-state index in [1.54, 1.807) is 19.4 Å². The lowest BCUT2D eigenvalue weighted by atomic mass is 10.3. The van der Waals surface area contributed by atoms with Crippen LogP contribution in [-0.4, -0.2) is 9.13 Å². The van der Waals surface area contributed by atoms with Gasteiger partial charge in [0.2, 0.25) is 0 Å². The summed E-state index contributed by atoms with van der Waals surface area (Å²) >= 11 is 0. The molecular weight excluding hydrogens is 166 g/mol. The smallest absolute Gasteiger partial charge is 0.261 e. The molecule has 13 heavy (non-hydrogen) atoms. The lowest BCUT2D eigenvalue weighted by Crippen LogP contribution is -2.15. The van der Waals surface area contributed by atoms with Gasteiger partial charge in [-0.3, -0.25) is 4.79 Å². The molecule has 0 radical (unpaired) electrons. The number of nitrogen functional groups attached to an aromatic ring is 1. The Morgan fingerprint density at radius 2 is 2.00 bits per heavy atom. The van der Waals surface area contributed by atoms with Gasteiger partial charge in [-0.2, -0.15) is 0 Å². The summed E-state index contributed by atoms with van der Waals surface area (Å²) in [6.45, 7) is 0. The first-order chi connectivity index (χ1) is 6.11. The van der Waals surface area contributed by atoms with Crippen molar-refractivity contribution in [2.24, 2.45) is 14.1 Å². The van der Waals surface area contributed by atoms with E-state index in [-0.39, 0.29) is 5.56 Å². The Labute approximate surface area is 75.2 Å². The molecule has 4 heteroatoms. The number of pyridine rings is 1. The zero-order chi connectivity index (χ0) is 9.59. The monoisotopic (exact) mass is 177 g/mol. The predicted octanol–water partition coefficient (Wildman–Crippen LogP) is 0.459. The van der Waals surface area contributed by atoms with Crippen molar-refractivity contribution >= 4 is 16.6 Å². The van der Waals surface area contributed by atoms with E-state index in [4.69, 9.17) is 5.73 Å². The molecule has 0 amide bonds. The average Bonchev–Trinajstić information content (AvgIpc) is 2.35. The normalized spacial score (nSPS) is 10.9. The van der Waals surface area contributed by atoms with E-state index in [0.717, 1.165) is 5.52 Å². The molecule has 2 aromatic rings. The molecule has 0 saturated heterocycles. The topological polar surface area (TPSA) is 52.9 Å². The SMILES string of the molecule is Cn1ccc2c(c(N)cn2C)c1=O. The van der Waals surface area contributed by atoms with E-state index in [9.17, 15) is 4.79 Å². The third-order valence-electron chi connectivity index (χ3n) is 2.25. The van der Waals surface area contributed by atoms with Crippen LogP contribution in [0.3, 0.4) is 0 Å². The van der Waals surface area contributed by atoms with Gasteiger partial charge in [-0.25, -0.2) is 0 Å². The van der Waals surface area contributed by atoms with E-state index < -0.39 is 0 Å². The van der Waals surface area contributed by atoms with Crippen LogP contribution in [0.1, 0.15) is 0 Å². The third kappa shape index (κ3) is 0.950. The van der Waals surface area contributed by atoms with Crippen LogP contribution in [0, 0.1) is 0 Å². The van der Waals surface area contributed by atoms with Crippen LogP contribution in [0.2, 0.25) is 0 Å². The fourth-order valence-corrected chi connectivity index (χ4v) is 1.53. The van der Waals surface area contributed by atoms with Crippen LogP contribution in [-0.2, 0) is 14.1 Å². The summed E-state index contributed by atoms with van der Waals surface area (Å²) in [5.41, 5.74) is 7.08. The molecule has 0 aliphatic carbocycles. The van der Waals surface area contributed by atoms with Gasteiger partial charge in [0.25, 0.3) is 5.56 Å². The lowest BCUT2D eigenvalue weighted by molar-refractivity contribution is 0.869. The van der Waals surface area contributed by atoms with Gasteiger partial charge in [0, 0.05) is 26.5 Å². The third-order valence-corrected chi connectivity index (χ3v) is 2.25. The highest BCUT2D eigenvalue weighted by atomic mass is 16.1. The van der Waals surface area contributed by atoms with Crippen LogP contribution in [0.4, 0.5) is 5.69 Å². The van der Waals surface area contributed by atoms with Crippen molar-refractivity contribution < 1.29 is 0 Å². The van der Waals surface area contributed by atoms with Crippen molar-refractivity contribution in [3.63, 3.8) is 0 Å². The number of rotatable bonds is 0. The van der Waals surface area contributed by atoms with Crippen LogP contribution in [0.15, 0.2) is 23.3 Å². The Morgan fingerprint density at radius 1 is 1.31 bits per heavy atom. The number of aryl methyl sites for hydroxylation is 2. The number of nitrogens with two attached hydrogens (primary N) is 1. The molecule has 0 aliphatic rings. The molecular formula is C9H11N3O. The first kappa shape index (κ1) is 7.91. The molecule has 2 rings (SSSR count). The zero-order valence-electron chi connectivity index (χ0n) is 7.61. The fraction of sp³-hybridized carbons (Fsp3) is 0.222. The van der Waals surface area contributed by atoms with Gasteiger partial charge in [-0.1, -0.05) is 0 Å². The average molecular weight is 177 g/mol. The molecule has 0 saturated carbocycles. The number of nitrogens with zero attached hydrogens (tertiary/aromatic N) is 2. The molecule has 0 bridgehead atoms. The Morgan fingerprint density at radius 3 is 2.69 bits per heavy atom. The van der Waals surface area contributed by atoms with Crippen LogP contribution in [0.5, 0.6) is 0 Å². The van der Waals surface area contributed by atoms with E-state index in [1.807, 2.05) is 17.7 Å². The lowest BCUT2D eigenvalue weighted by Gasteiger charge is -1.98. The molecule has 2 heterocycles. The number of hydrogen-bond donors (Lipinski definition) is 1. The molecule has 0 aromatic carbocycles. The predicted molar refractivity (Wildman–Crippen MR) is 52.6 cm³/mol. The zero-order valence-corrected chi connectivity index (χ0v) is 7.61. The Balaban J connectivity index is 3.08. The van der Waals surface area contributed by atoms with Gasteiger partial charge < -0.3 is 14.9 Å². The van der Waals surface area contributed by atoms with Crippen molar-refractivity contribution in [2.45, 2.75) is 0 Å². The van der Waals surface area contributed by atoms with Gasteiger partial charge in [0.1, 0.15) is 0 Å². The van der Waals surface area contributed by atoms with Crippen molar-refractivity contribution in [3.8, 4) is 0 Å². The van der Waals surface area contributed by atoms with Crippen LogP contribution < -0.4 is 11.3 Å². The number of hydrogen-bond acceptors (Lipinski definition) is 2. The molecule has 0 spiro atoms. The summed E-state index contributed by atoms with van der Waals surface area (Å²) in [7, 11) is 3.59. The second-order valence-corrected chi connectivity index (χ2v) is 3.19. The van der Waals surface area contributed by atoms with E-state index in [1.165, 1.54) is 4.57 Å². The molecule has 0 fully saturated rings. The fourth-order valence-electron chi connectivity index (χ4n) is 1.53. The summed E-state index contributed by atoms with van der Waals surface area (Å²) in [5.74, 6) is 0. The minimum atomic E-state index is -0.0457. The number of fused-ring (bicyclic) bond motifs is 1. The number of anilines is 1. The number of aromatic nitrogens is 2. The first-order valence-electron chi connectivity index (χ1n) is 4.01. The maximum atomic E-state index is 11.6. The summed E-state index contributed by atoms with van der Waals surface area (Å²) < 4.78 is 3.38. The Kier molecular flexibility index (Phi) is 1.45. The molecule has 0 atom stereocenters. The van der Waals surface area contributed by atoms with Gasteiger partial charge >= 0.3 is 0 Å². The highest BCUT2D eigenvalue weighted by Crippen LogP contribution is 2.17. The summed E-state index contributed by atoms with van der Waals surface area (Å²) in [4.78, 5) is 11.6. The summed E-state index contributed by atoms with van der Waals surface area (Å²) in [6.07, 6.45) is 3.50. The van der Waals surface area contributed by atoms with Crippen molar-refractivity contribution in [2.75, 3.05) is 5.73 Å². The highest BCUT2D eigenvalue weighted by Gasteiger charge is 2.07. The maximum Gasteiger partial charge on any atom is 0.261 e. The molecule has 68 valence electrons. The van der Waals surface area contributed by atoms with Crippen molar-refractivity contribution in [3.05, 3.63) is 28.8 Å². The van der Waals surface area contributed by atoms with Crippen molar-refractivity contribution in [1.82, 2.24) is 9.13 Å². The minimum Gasteiger partial charge on any atom is -0.397 e.